The molecule has 2 aromatic heterocycles. The summed E-state index contributed by atoms with van der Waals surface area (Å²) < 4.78 is 66.7. The Balaban J connectivity index is 1.68. The maximum absolute atomic E-state index is 12.9. The van der Waals surface area contributed by atoms with Gasteiger partial charge in [-0.3, -0.25) is 9.71 Å². The number of aromatic nitrogens is 2. The van der Waals surface area contributed by atoms with Gasteiger partial charge in [-0.25, -0.2) is 4.98 Å². The first-order valence-electron chi connectivity index (χ1n) is 10.9. The predicted octanol–water partition coefficient (Wildman–Crippen LogP) is 6.02. The van der Waals surface area contributed by atoms with Gasteiger partial charge < -0.3 is 0 Å². The fourth-order valence-corrected chi connectivity index (χ4v) is 4.15. The second-order valence-electron chi connectivity index (χ2n) is 8.34. The first-order chi connectivity index (χ1) is 16.9. The number of rotatable bonds is 6. The molecule has 0 saturated carbocycles. The molecule has 0 bridgehead atoms. The van der Waals surface area contributed by atoms with E-state index in [0.717, 1.165) is 22.0 Å². The molecular formula is C26H23F3N4O2S. The van der Waals surface area contributed by atoms with E-state index in [1.54, 1.807) is 49.4 Å². The van der Waals surface area contributed by atoms with Crippen LogP contribution in [-0.2, 0) is 16.4 Å². The second kappa shape index (κ2) is 9.71. The molecule has 0 aliphatic rings. The lowest BCUT2D eigenvalue weighted by molar-refractivity contribution is -0.137. The predicted molar refractivity (Wildman–Crippen MR) is 134 cm³/mol. The molecule has 4 aromatic rings. The number of pyridine rings is 2. The highest BCUT2D eigenvalue weighted by Gasteiger charge is 2.30. The van der Waals surface area contributed by atoms with Gasteiger partial charge in [0, 0.05) is 25.4 Å². The van der Waals surface area contributed by atoms with Gasteiger partial charge in [0.15, 0.2) is 0 Å². The van der Waals surface area contributed by atoms with Gasteiger partial charge in [-0.15, -0.1) is 0 Å². The highest BCUT2D eigenvalue weighted by Crippen LogP contribution is 2.32. The Kier molecular flexibility index (Phi) is 6.83. The van der Waals surface area contributed by atoms with Crippen LogP contribution in [0.2, 0.25) is 0 Å². The Labute approximate surface area is 207 Å². The number of nitrogens with zero attached hydrogens (tertiary/aromatic N) is 3. The molecule has 0 radical (unpaired) electrons. The van der Waals surface area contributed by atoms with Gasteiger partial charge in [0.2, 0.25) is 0 Å². The van der Waals surface area contributed by atoms with Gasteiger partial charge in [-0.1, -0.05) is 30.3 Å². The molecule has 0 unspecified atom stereocenters. The lowest BCUT2D eigenvalue weighted by Crippen LogP contribution is -2.28. The zero-order valence-corrected chi connectivity index (χ0v) is 20.5. The van der Waals surface area contributed by atoms with E-state index < -0.39 is 21.9 Å². The summed E-state index contributed by atoms with van der Waals surface area (Å²) in [5.41, 5.74) is 4.18. The average Bonchev–Trinajstić information content (AvgIpc) is 2.83. The van der Waals surface area contributed by atoms with Gasteiger partial charge in [-0.2, -0.15) is 25.9 Å². The summed E-state index contributed by atoms with van der Waals surface area (Å²) in [5.74, 6) is 0. The summed E-state index contributed by atoms with van der Waals surface area (Å²) >= 11 is 0. The van der Waals surface area contributed by atoms with E-state index in [9.17, 15) is 21.6 Å². The quantitative estimate of drug-likeness (QED) is 0.343. The molecule has 0 amide bonds. The van der Waals surface area contributed by atoms with Crippen LogP contribution in [0, 0.1) is 6.92 Å². The molecule has 0 saturated heterocycles. The van der Waals surface area contributed by atoms with Crippen molar-refractivity contribution in [2.45, 2.75) is 13.1 Å². The Morgan fingerprint density at radius 2 is 1.42 bits per heavy atom. The average molecular weight is 513 g/mol. The van der Waals surface area contributed by atoms with Crippen LogP contribution in [0.1, 0.15) is 11.3 Å². The maximum atomic E-state index is 12.9. The minimum Gasteiger partial charge on any atom is -0.271 e. The Hall–Kier alpha value is -3.76. The number of alkyl halides is 3. The largest absolute Gasteiger partial charge is 0.416 e. The van der Waals surface area contributed by atoms with Crippen molar-refractivity contribution >= 4 is 15.9 Å². The smallest absolute Gasteiger partial charge is 0.271 e. The SMILES string of the molecule is Cc1cc(-c2ccc(C(F)(F)F)cc2)cc(-c2cccc(-c3cccc(NS(=O)(=O)N(C)C)c3)n2)n1. The van der Waals surface area contributed by atoms with E-state index in [-0.39, 0.29) is 0 Å². The summed E-state index contributed by atoms with van der Waals surface area (Å²) in [7, 11) is -0.787. The standard InChI is InChI=1S/C26H23F3N4O2S/c1-17-14-20(18-10-12-21(13-11-18)26(27,28)29)16-25(30-17)24-9-5-8-23(31-24)19-6-4-7-22(15-19)32-36(34,35)33(2)3/h4-16,32H,1-3H3. The van der Waals surface area contributed by atoms with Crippen LogP contribution in [-0.4, -0.2) is 36.8 Å². The van der Waals surface area contributed by atoms with Crippen molar-refractivity contribution < 1.29 is 21.6 Å². The van der Waals surface area contributed by atoms with Crippen molar-refractivity contribution in [1.82, 2.24) is 14.3 Å². The minimum absolute atomic E-state index is 0.395. The summed E-state index contributed by atoms with van der Waals surface area (Å²) in [6, 6.07) is 20.9. The number of nitrogens with one attached hydrogen (secondary N) is 1. The Bertz CT molecular complexity index is 1500. The van der Waals surface area contributed by atoms with E-state index in [0.29, 0.717) is 39.6 Å². The molecule has 0 aliphatic carbocycles. The summed E-state index contributed by atoms with van der Waals surface area (Å²) in [5, 5.41) is 0. The van der Waals surface area contributed by atoms with Crippen molar-refractivity contribution in [2.24, 2.45) is 0 Å². The number of aryl methyl sites for hydroxylation is 1. The number of hydrogen-bond donors (Lipinski definition) is 1. The zero-order valence-electron chi connectivity index (χ0n) is 19.7. The van der Waals surface area contributed by atoms with E-state index in [1.807, 2.05) is 12.1 Å². The van der Waals surface area contributed by atoms with Crippen LogP contribution in [0.5, 0.6) is 0 Å². The van der Waals surface area contributed by atoms with E-state index >= 15 is 0 Å². The molecular weight excluding hydrogens is 489 g/mol. The topological polar surface area (TPSA) is 75.2 Å². The monoisotopic (exact) mass is 512 g/mol. The molecule has 0 atom stereocenters. The molecule has 10 heteroatoms. The third-order valence-electron chi connectivity index (χ3n) is 5.40. The molecule has 1 N–H and O–H groups in total. The minimum atomic E-state index is -4.40. The fraction of sp³-hybridized carbons (Fsp3) is 0.154. The molecule has 6 nitrogen and oxygen atoms in total. The summed E-state index contributed by atoms with van der Waals surface area (Å²) in [4.78, 5) is 9.28. The van der Waals surface area contributed by atoms with Crippen LogP contribution in [0.25, 0.3) is 33.8 Å². The first kappa shape index (κ1) is 25.3. The molecule has 0 spiro atoms. The van der Waals surface area contributed by atoms with Gasteiger partial charge in [0.25, 0.3) is 0 Å². The maximum Gasteiger partial charge on any atom is 0.416 e. The van der Waals surface area contributed by atoms with Gasteiger partial charge in [0.05, 0.1) is 28.3 Å². The third-order valence-corrected chi connectivity index (χ3v) is 6.85. The molecule has 2 aromatic carbocycles. The Morgan fingerprint density at radius 1 is 0.750 bits per heavy atom. The normalized spacial score (nSPS) is 12.1. The molecule has 186 valence electrons. The van der Waals surface area contributed by atoms with E-state index in [4.69, 9.17) is 4.98 Å². The number of hydrogen-bond acceptors (Lipinski definition) is 4. The van der Waals surface area contributed by atoms with Crippen molar-refractivity contribution in [3.8, 4) is 33.8 Å². The second-order valence-corrected chi connectivity index (χ2v) is 10.2. The van der Waals surface area contributed by atoms with E-state index in [2.05, 4.69) is 9.71 Å². The number of halogens is 3. The summed E-state index contributed by atoms with van der Waals surface area (Å²) in [6.45, 7) is 1.81. The van der Waals surface area contributed by atoms with Gasteiger partial charge in [-0.05, 0) is 66.6 Å². The van der Waals surface area contributed by atoms with Crippen molar-refractivity contribution in [1.29, 1.82) is 0 Å². The summed E-state index contributed by atoms with van der Waals surface area (Å²) in [6.07, 6.45) is -4.40. The fourth-order valence-electron chi connectivity index (χ4n) is 3.54. The van der Waals surface area contributed by atoms with Crippen molar-refractivity contribution in [2.75, 3.05) is 18.8 Å². The third kappa shape index (κ3) is 5.72. The molecule has 36 heavy (non-hydrogen) atoms. The lowest BCUT2D eigenvalue weighted by atomic mass is 10.0. The van der Waals surface area contributed by atoms with Crippen LogP contribution >= 0.6 is 0 Å². The molecule has 0 fully saturated rings. The van der Waals surface area contributed by atoms with Crippen molar-refractivity contribution in [3.05, 3.63) is 90.1 Å². The number of anilines is 1. The lowest BCUT2D eigenvalue weighted by Gasteiger charge is -2.14. The van der Waals surface area contributed by atoms with E-state index in [1.165, 1.54) is 26.2 Å². The van der Waals surface area contributed by atoms with Crippen molar-refractivity contribution in [3.63, 3.8) is 0 Å². The first-order valence-corrected chi connectivity index (χ1v) is 12.3. The van der Waals surface area contributed by atoms with Crippen LogP contribution in [0.4, 0.5) is 18.9 Å². The molecule has 2 heterocycles. The zero-order chi connectivity index (χ0) is 26.1. The molecule has 4 rings (SSSR count). The van der Waals surface area contributed by atoms with Crippen LogP contribution in [0.3, 0.4) is 0 Å². The Morgan fingerprint density at radius 3 is 2.08 bits per heavy atom. The van der Waals surface area contributed by atoms with Gasteiger partial charge in [0.1, 0.15) is 0 Å². The van der Waals surface area contributed by atoms with Gasteiger partial charge >= 0.3 is 16.4 Å². The van der Waals surface area contributed by atoms with Crippen LogP contribution in [0.15, 0.2) is 78.9 Å². The molecule has 0 aliphatic heterocycles. The highest BCUT2D eigenvalue weighted by molar-refractivity contribution is 7.90. The van der Waals surface area contributed by atoms with Crippen LogP contribution < -0.4 is 4.72 Å². The highest BCUT2D eigenvalue weighted by atomic mass is 32.2. The number of benzene rings is 2.